The smallest absolute Gasteiger partial charge is 0.263 e. The number of rotatable bonds is 5. The number of amides is 2. The first-order valence-corrected chi connectivity index (χ1v) is 11.5. The van der Waals surface area contributed by atoms with E-state index >= 15 is 0 Å². The lowest BCUT2D eigenvalue weighted by Gasteiger charge is -2.38. The lowest BCUT2D eigenvalue weighted by atomic mass is 9.89. The van der Waals surface area contributed by atoms with Crippen molar-refractivity contribution in [3.05, 3.63) is 57.9 Å². The van der Waals surface area contributed by atoms with Crippen molar-refractivity contribution in [1.29, 1.82) is 0 Å². The molecule has 0 spiro atoms. The highest BCUT2D eigenvalue weighted by molar-refractivity contribution is 7.13. The van der Waals surface area contributed by atoms with Crippen molar-refractivity contribution in [2.24, 2.45) is 13.0 Å². The molecular formula is C24H29N3O2S. The lowest BCUT2D eigenvalue weighted by Crippen LogP contribution is -2.52. The third-order valence-electron chi connectivity index (χ3n) is 6.17. The number of thiophene rings is 1. The van der Waals surface area contributed by atoms with Gasteiger partial charge in [0.25, 0.3) is 5.91 Å². The van der Waals surface area contributed by atoms with Crippen molar-refractivity contribution in [3.8, 4) is 0 Å². The second kappa shape index (κ2) is 8.64. The van der Waals surface area contributed by atoms with Crippen molar-refractivity contribution in [1.82, 2.24) is 14.8 Å². The first-order chi connectivity index (χ1) is 14.5. The molecule has 1 fully saturated rings. The van der Waals surface area contributed by atoms with Crippen LogP contribution >= 0.6 is 11.3 Å². The summed E-state index contributed by atoms with van der Waals surface area (Å²) in [5.74, 6) is 0.454. The van der Waals surface area contributed by atoms with Gasteiger partial charge in [-0.15, -0.1) is 11.3 Å². The van der Waals surface area contributed by atoms with Gasteiger partial charge in [-0.05, 0) is 49.4 Å². The quantitative estimate of drug-likeness (QED) is 0.670. The highest BCUT2D eigenvalue weighted by Gasteiger charge is 2.32. The maximum absolute atomic E-state index is 12.8. The van der Waals surface area contributed by atoms with Gasteiger partial charge in [0.1, 0.15) is 0 Å². The molecule has 1 aliphatic rings. The summed E-state index contributed by atoms with van der Waals surface area (Å²) in [6, 6.07) is 12.2. The third kappa shape index (κ3) is 4.15. The molecule has 1 saturated heterocycles. The van der Waals surface area contributed by atoms with Gasteiger partial charge in [-0.25, -0.2) is 0 Å². The van der Waals surface area contributed by atoms with Crippen LogP contribution in [0.5, 0.6) is 0 Å². The van der Waals surface area contributed by atoms with Crippen molar-refractivity contribution < 1.29 is 9.59 Å². The molecule has 1 aliphatic heterocycles. The van der Waals surface area contributed by atoms with Crippen LogP contribution in [0.3, 0.4) is 0 Å². The molecule has 0 unspecified atom stereocenters. The van der Waals surface area contributed by atoms with Crippen LogP contribution in [-0.2, 0) is 18.3 Å². The zero-order valence-corrected chi connectivity index (χ0v) is 18.7. The van der Waals surface area contributed by atoms with Gasteiger partial charge in [0.2, 0.25) is 5.91 Å². The molecule has 3 aromatic rings. The molecule has 6 heteroatoms. The first kappa shape index (κ1) is 20.7. The standard InChI is InChI=1S/C24H29N3O2S/c1-4-17-15-27(24(29)22-10-9-16(2)30-22)12-11-20(17)25-23(28)13-18-14-26(3)21-8-6-5-7-19(18)21/h5-10,14,17,20H,4,11-13,15H2,1-3H3,(H,25,28)/t17-,20+/m1/s1. The third-order valence-corrected chi connectivity index (χ3v) is 7.16. The van der Waals surface area contributed by atoms with E-state index in [0.29, 0.717) is 19.5 Å². The average Bonchev–Trinajstić information content (AvgIpc) is 3.31. The van der Waals surface area contributed by atoms with Crippen LogP contribution < -0.4 is 5.32 Å². The molecule has 158 valence electrons. The molecule has 0 radical (unpaired) electrons. The van der Waals surface area contributed by atoms with E-state index in [2.05, 4.69) is 28.9 Å². The van der Waals surface area contributed by atoms with Crippen molar-refractivity contribution in [2.75, 3.05) is 13.1 Å². The number of carbonyl (C=O) groups excluding carboxylic acids is 2. The number of aryl methyl sites for hydroxylation is 2. The Balaban J connectivity index is 1.39. The first-order valence-electron chi connectivity index (χ1n) is 10.6. The minimum absolute atomic E-state index is 0.0588. The van der Waals surface area contributed by atoms with Crippen LogP contribution in [0.4, 0.5) is 0 Å². The molecule has 0 bridgehead atoms. The number of carbonyl (C=O) groups is 2. The molecule has 30 heavy (non-hydrogen) atoms. The minimum Gasteiger partial charge on any atom is -0.353 e. The van der Waals surface area contributed by atoms with Gasteiger partial charge >= 0.3 is 0 Å². The molecule has 2 atom stereocenters. The predicted octanol–water partition coefficient (Wildman–Crippen LogP) is 4.15. The summed E-state index contributed by atoms with van der Waals surface area (Å²) in [7, 11) is 2.01. The molecular weight excluding hydrogens is 394 g/mol. The maximum atomic E-state index is 12.8. The Morgan fingerprint density at radius 2 is 2.00 bits per heavy atom. The van der Waals surface area contributed by atoms with Crippen molar-refractivity contribution in [2.45, 2.75) is 39.2 Å². The van der Waals surface area contributed by atoms with E-state index in [1.165, 1.54) is 0 Å². The molecule has 5 nitrogen and oxygen atoms in total. The second-order valence-corrected chi connectivity index (χ2v) is 9.54. The Morgan fingerprint density at radius 3 is 2.73 bits per heavy atom. The molecule has 2 amide bonds. The van der Waals surface area contributed by atoms with Crippen molar-refractivity contribution in [3.63, 3.8) is 0 Å². The van der Waals surface area contributed by atoms with E-state index < -0.39 is 0 Å². The Morgan fingerprint density at radius 1 is 1.20 bits per heavy atom. The number of aromatic nitrogens is 1. The fourth-order valence-corrected chi connectivity index (χ4v) is 5.36. The Kier molecular flexibility index (Phi) is 5.95. The van der Waals surface area contributed by atoms with Gasteiger partial charge in [0.05, 0.1) is 11.3 Å². The Labute approximate surface area is 181 Å². The normalized spacial score (nSPS) is 19.2. The Bertz CT molecular complexity index is 1070. The van der Waals surface area contributed by atoms with E-state index in [0.717, 1.165) is 39.1 Å². The molecule has 0 saturated carbocycles. The van der Waals surface area contributed by atoms with E-state index in [1.807, 2.05) is 49.3 Å². The summed E-state index contributed by atoms with van der Waals surface area (Å²) in [6.45, 7) is 5.54. The summed E-state index contributed by atoms with van der Waals surface area (Å²) in [4.78, 5) is 29.6. The van der Waals surface area contributed by atoms with Crippen LogP contribution in [-0.4, -0.2) is 40.4 Å². The summed E-state index contributed by atoms with van der Waals surface area (Å²) in [6.07, 6.45) is 4.17. The number of fused-ring (bicyclic) bond motifs is 1. The minimum atomic E-state index is 0.0588. The highest BCUT2D eigenvalue weighted by Crippen LogP contribution is 2.25. The molecule has 4 rings (SSSR count). The van der Waals surface area contributed by atoms with Gasteiger partial charge in [0, 0.05) is 48.2 Å². The second-order valence-electron chi connectivity index (χ2n) is 8.25. The largest absolute Gasteiger partial charge is 0.353 e. The fourth-order valence-electron chi connectivity index (χ4n) is 4.52. The monoisotopic (exact) mass is 423 g/mol. The van der Waals surface area contributed by atoms with Crippen LogP contribution in [0.25, 0.3) is 10.9 Å². The number of benzene rings is 1. The summed E-state index contributed by atoms with van der Waals surface area (Å²) in [5.41, 5.74) is 2.20. The zero-order valence-electron chi connectivity index (χ0n) is 17.9. The number of hydrogen-bond donors (Lipinski definition) is 1. The average molecular weight is 424 g/mol. The SMILES string of the molecule is CC[C@@H]1CN(C(=O)c2ccc(C)s2)CC[C@@H]1NC(=O)Cc1cn(C)c2ccccc12. The van der Waals surface area contributed by atoms with Crippen molar-refractivity contribution >= 4 is 34.1 Å². The molecule has 1 N–H and O–H groups in total. The zero-order chi connectivity index (χ0) is 21.3. The number of nitrogens with zero attached hydrogens (tertiary/aromatic N) is 2. The number of likely N-dealkylation sites (tertiary alicyclic amines) is 1. The van der Waals surface area contributed by atoms with E-state index in [1.54, 1.807) is 11.3 Å². The lowest BCUT2D eigenvalue weighted by molar-refractivity contribution is -0.121. The van der Waals surface area contributed by atoms with Crippen LogP contribution in [0.2, 0.25) is 0 Å². The topological polar surface area (TPSA) is 54.3 Å². The van der Waals surface area contributed by atoms with E-state index in [4.69, 9.17) is 0 Å². The number of hydrogen-bond acceptors (Lipinski definition) is 3. The molecule has 0 aliphatic carbocycles. The summed E-state index contributed by atoms with van der Waals surface area (Å²) < 4.78 is 2.07. The van der Waals surface area contributed by atoms with E-state index in [9.17, 15) is 9.59 Å². The number of para-hydroxylation sites is 1. The molecule has 1 aromatic carbocycles. The maximum Gasteiger partial charge on any atom is 0.263 e. The van der Waals surface area contributed by atoms with Crippen LogP contribution in [0, 0.1) is 12.8 Å². The van der Waals surface area contributed by atoms with Gasteiger partial charge in [-0.2, -0.15) is 0 Å². The number of piperidine rings is 1. The van der Waals surface area contributed by atoms with Gasteiger partial charge < -0.3 is 14.8 Å². The summed E-state index contributed by atoms with van der Waals surface area (Å²) in [5, 5.41) is 4.40. The predicted molar refractivity (Wildman–Crippen MR) is 122 cm³/mol. The highest BCUT2D eigenvalue weighted by atomic mass is 32.1. The molecule has 3 heterocycles. The van der Waals surface area contributed by atoms with Gasteiger partial charge in [-0.3, -0.25) is 9.59 Å². The van der Waals surface area contributed by atoms with Crippen LogP contribution in [0.1, 0.15) is 39.9 Å². The summed E-state index contributed by atoms with van der Waals surface area (Å²) >= 11 is 1.55. The fraction of sp³-hybridized carbons (Fsp3) is 0.417. The van der Waals surface area contributed by atoms with Gasteiger partial charge in [0.15, 0.2) is 0 Å². The van der Waals surface area contributed by atoms with E-state index in [-0.39, 0.29) is 23.8 Å². The van der Waals surface area contributed by atoms with Gasteiger partial charge in [-0.1, -0.05) is 25.1 Å². The molecule has 2 aromatic heterocycles. The van der Waals surface area contributed by atoms with Crippen LogP contribution in [0.15, 0.2) is 42.6 Å². The number of nitrogens with one attached hydrogen (secondary N) is 1. The Hall–Kier alpha value is -2.60.